The molecule has 0 fully saturated rings. The molecule has 9 heteroatoms. The van der Waals surface area contributed by atoms with E-state index in [1.54, 1.807) is 5.48 Å². The van der Waals surface area contributed by atoms with Gasteiger partial charge in [0.15, 0.2) is 11.5 Å². The zero-order chi connectivity index (χ0) is 25.3. The van der Waals surface area contributed by atoms with Crippen molar-refractivity contribution in [2.45, 2.75) is 64.8 Å². The SMILES string of the molecule is CCCCCOc1cc2c(cc1OCCCCCCC(=O)NO)C1=Nc3cc(Cl)ccc3CN1C=N2. The van der Waals surface area contributed by atoms with Crippen molar-refractivity contribution in [1.82, 2.24) is 10.4 Å². The normalized spacial score (nSPS) is 13.4. The predicted molar refractivity (Wildman–Crippen MR) is 141 cm³/mol. The topological polar surface area (TPSA) is 95.8 Å². The number of fused-ring (bicyclic) bond motifs is 4. The third-order valence-corrected chi connectivity index (χ3v) is 6.45. The van der Waals surface area contributed by atoms with E-state index in [2.05, 4.69) is 11.9 Å². The lowest BCUT2D eigenvalue weighted by atomic mass is 10.0. The van der Waals surface area contributed by atoms with Gasteiger partial charge in [0.1, 0.15) is 5.84 Å². The molecule has 0 saturated heterocycles. The minimum Gasteiger partial charge on any atom is -0.490 e. The first-order chi connectivity index (χ1) is 17.6. The van der Waals surface area contributed by atoms with Crippen molar-refractivity contribution in [2.75, 3.05) is 13.2 Å². The Morgan fingerprint density at radius 2 is 1.78 bits per heavy atom. The summed E-state index contributed by atoms with van der Waals surface area (Å²) in [6.45, 7) is 4.00. The largest absolute Gasteiger partial charge is 0.490 e. The van der Waals surface area contributed by atoms with E-state index in [1.807, 2.05) is 41.6 Å². The Hall–Kier alpha value is -3.10. The quantitative estimate of drug-likeness (QED) is 0.186. The van der Waals surface area contributed by atoms with E-state index in [0.29, 0.717) is 42.7 Å². The van der Waals surface area contributed by atoms with Crippen molar-refractivity contribution in [3.05, 3.63) is 46.5 Å². The van der Waals surface area contributed by atoms with Crippen molar-refractivity contribution in [3.8, 4) is 11.5 Å². The molecule has 2 aliphatic heterocycles. The molecule has 0 spiro atoms. The number of ether oxygens (including phenoxy) is 2. The summed E-state index contributed by atoms with van der Waals surface area (Å²) < 4.78 is 12.3. The number of amides is 1. The van der Waals surface area contributed by atoms with Crippen molar-refractivity contribution in [3.63, 3.8) is 0 Å². The van der Waals surface area contributed by atoms with Crippen molar-refractivity contribution >= 4 is 41.1 Å². The fraction of sp³-hybridized carbons (Fsp3) is 0.444. The van der Waals surface area contributed by atoms with Crippen molar-refractivity contribution < 1.29 is 19.5 Å². The highest BCUT2D eigenvalue weighted by Gasteiger charge is 2.27. The fourth-order valence-electron chi connectivity index (χ4n) is 4.23. The third-order valence-electron chi connectivity index (χ3n) is 6.21. The van der Waals surface area contributed by atoms with Gasteiger partial charge in [0.2, 0.25) is 5.91 Å². The van der Waals surface area contributed by atoms with Crippen LogP contribution in [-0.2, 0) is 11.3 Å². The maximum absolute atomic E-state index is 11.1. The van der Waals surface area contributed by atoms with E-state index in [1.165, 1.54) is 0 Å². The standard InChI is InChI=1S/C27H33ClN4O4/c1-2-3-7-12-36-25-16-23-21(15-24(25)35-13-8-5-4-6-9-26(33)31-34)27-30-22-14-20(28)11-10-19(22)17-32(27)18-29-23/h10-11,14-16,18,34H,2-9,12-13,17H2,1H3,(H,31,33). The summed E-state index contributed by atoms with van der Waals surface area (Å²) in [4.78, 5) is 22.7. The zero-order valence-corrected chi connectivity index (χ0v) is 21.4. The van der Waals surface area contributed by atoms with Gasteiger partial charge in [0.25, 0.3) is 0 Å². The maximum atomic E-state index is 11.1. The summed E-state index contributed by atoms with van der Waals surface area (Å²) >= 11 is 6.22. The van der Waals surface area contributed by atoms with Gasteiger partial charge >= 0.3 is 0 Å². The van der Waals surface area contributed by atoms with E-state index in [0.717, 1.165) is 73.3 Å². The van der Waals surface area contributed by atoms with Gasteiger partial charge in [-0.3, -0.25) is 10.0 Å². The minimum atomic E-state index is -0.350. The molecule has 1 amide bonds. The number of nitrogens with one attached hydrogen (secondary N) is 1. The van der Waals surface area contributed by atoms with Crippen LogP contribution in [0.2, 0.25) is 5.02 Å². The number of hydroxylamine groups is 1. The van der Waals surface area contributed by atoms with Crippen LogP contribution in [-0.4, -0.2) is 41.4 Å². The molecule has 0 aliphatic carbocycles. The molecule has 0 bridgehead atoms. The highest BCUT2D eigenvalue weighted by atomic mass is 35.5. The molecule has 0 radical (unpaired) electrons. The number of amidine groups is 1. The van der Waals surface area contributed by atoms with Crippen LogP contribution < -0.4 is 15.0 Å². The summed E-state index contributed by atoms with van der Waals surface area (Å²) in [5, 5.41) is 9.24. The first-order valence-corrected chi connectivity index (χ1v) is 13.0. The number of benzene rings is 2. The number of hydrogen-bond acceptors (Lipinski definition) is 7. The van der Waals surface area contributed by atoms with Gasteiger partial charge in [-0.15, -0.1) is 0 Å². The van der Waals surface area contributed by atoms with Gasteiger partial charge in [-0.05, 0) is 43.0 Å². The van der Waals surface area contributed by atoms with Crippen LogP contribution in [0, 0.1) is 0 Å². The van der Waals surface area contributed by atoms with Crippen LogP contribution in [0.1, 0.15) is 69.4 Å². The maximum Gasteiger partial charge on any atom is 0.243 e. The Morgan fingerprint density at radius 3 is 2.56 bits per heavy atom. The van der Waals surface area contributed by atoms with Crippen LogP contribution in [0.3, 0.4) is 0 Å². The number of aliphatic imine (C=N–C) groups is 2. The lowest BCUT2D eigenvalue weighted by molar-refractivity contribution is -0.129. The summed E-state index contributed by atoms with van der Waals surface area (Å²) in [7, 11) is 0. The van der Waals surface area contributed by atoms with E-state index < -0.39 is 0 Å². The second kappa shape index (κ2) is 12.7. The number of rotatable bonds is 13. The predicted octanol–water partition coefficient (Wildman–Crippen LogP) is 6.31. The van der Waals surface area contributed by atoms with E-state index >= 15 is 0 Å². The monoisotopic (exact) mass is 512 g/mol. The molecule has 36 heavy (non-hydrogen) atoms. The summed E-state index contributed by atoms with van der Waals surface area (Å²) in [5.41, 5.74) is 5.33. The van der Waals surface area contributed by atoms with Crippen LogP contribution in [0.4, 0.5) is 11.4 Å². The van der Waals surface area contributed by atoms with Gasteiger partial charge in [0.05, 0.1) is 37.5 Å². The Morgan fingerprint density at radius 1 is 1.03 bits per heavy atom. The average Bonchev–Trinajstić information content (AvgIpc) is 2.89. The molecular formula is C27H33ClN4O4. The summed E-state index contributed by atoms with van der Waals surface area (Å²) in [5.74, 6) is 1.84. The van der Waals surface area contributed by atoms with Crippen LogP contribution in [0.15, 0.2) is 40.3 Å². The molecule has 4 rings (SSSR count). The minimum absolute atomic E-state index is 0.325. The van der Waals surface area contributed by atoms with Gasteiger partial charge in [0, 0.05) is 23.1 Å². The Kier molecular flexibility index (Phi) is 9.19. The Bertz CT molecular complexity index is 1130. The molecule has 0 saturated carbocycles. The first-order valence-electron chi connectivity index (χ1n) is 12.6. The molecule has 192 valence electrons. The number of unbranched alkanes of at least 4 members (excludes halogenated alkanes) is 5. The average molecular weight is 513 g/mol. The molecule has 0 aromatic heterocycles. The van der Waals surface area contributed by atoms with Crippen molar-refractivity contribution in [1.29, 1.82) is 0 Å². The van der Waals surface area contributed by atoms with Gasteiger partial charge in [-0.1, -0.05) is 50.3 Å². The van der Waals surface area contributed by atoms with Gasteiger partial charge in [-0.2, -0.15) is 0 Å². The van der Waals surface area contributed by atoms with Gasteiger partial charge in [-0.25, -0.2) is 15.5 Å². The fourth-order valence-corrected chi connectivity index (χ4v) is 4.39. The first kappa shape index (κ1) is 26.0. The number of nitrogens with zero attached hydrogens (tertiary/aromatic N) is 3. The van der Waals surface area contributed by atoms with E-state index in [-0.39, 0.29) is 5.91 Å². The Balaban J connectivity index is 1.49. The van der Waals surface area contributed by atoms with Crippen molar-refractivity contribution in [2.24, 2.45) is 9.98 Å². The van der Waals surface area contributed by atoms with E-state index in [9.17, 15) is 4.79 Å². The molecule has 2 aliphatic rings. The highest BCUT2D eigenvalue weighted by Crippen LogP contribution is 2.40. The molecular weight excluding hydrogens is 480 g/mol. The lowest BCUT2D eigenvalue weighted by Crippen LogP contribution is -2.34. The van der Waals surface area contributed by atoms with Crippen LogP contribution in [0.25, 0.3) is 0 Å². The molecule has 0 unspecified atom stereocenters. The second-order valence-electron chi connectivity index (χ2n) is 9.00. The number of carbonyl (C=O) groups excluding carboxylic acids is 1. The number of carbonyl (C=O) groups is 1. The lowest BCUT2D eigenvalue weighted by Gasteiger charge is -2.31. The van der Waals surface area contributed by atoms with Crippen LogP contribution >= 0.6 is 11.6 Å². The molecule has 2 aromatic rings. The molecule has 8 nitrogen and oxygen atoms in total. The molecule has 0 atom stereocenters. The molecule has 2 N–H and O–H groups in total. The number of hydrogen-bond donors (Lipinski definition) is 2. The highest BCUT2D eigenvalue weighted by molar-refractivity contribution is 6.31. The van der Waals surface area contributed by atoms with Gasteiger partial charge < -0.3 is 14.4 Å². The zero-order valence-electron chi connectivity index (χ0n) is 20.6. The molecule has 2 heterocycles. The molecule has 2 aromatic carbocycles. The number of halogens is 1. The smallest absolute Gasteiger partial charge is 0.243 e. The third kappa shape index (κ3) is 6.56. The van der Waals surface area contributed by atoms with Crippen LogP contribution in [0.5, 0.6) is 11.5 Å². The Labute approximate surface area is 216 Å². The summed E-state index contributed by atoms with van der Waals surface area (Å²) in [6.07, 6.45) is 8.77. The second-order valence-corrected chi connectivity index (χ2v) is 9.44. The summed E-state index contributed by atoms with van der Waals surface area (Å²) in [6, 6.07) is 9.69. The van der Waals surface area contributed by atoms with E-state index in [4.69, 9.17) is 31.3 Å².